The Bertz CT molecular complexity index is 1010. The number of carboxylic acid groups (broad SMARTS) is 4. The fraction of sp³-hybridized carbons (Fsp3) is 0.273. The number of hydrogen-bond acceptors (Lipinski definition) is 4. The van der Waals surface area contributed by atoms with Gasteiger partial charge in [-0.2, -0.15) is 0 Å². The van der Waals surface area contributed by atoms with Gasteiger partial charge in [-0.3, -0.25) is 0 Å². The van der Waals surface area contributed by atoms with Crippen LogP contribution in [0.2, 0.25) is 0 Å². The summed E-state index contributed by atoms with van der Waals surface area (Å²) in [6.07, 6.45) is 1.17. The van der Waals surface area contributed by atoms with E-state index in [1.165, 1.54) is 24.3 Å². The largest absolute Gasteiger partial charge is 0.478 e. The monoisotopic (exact) mass is 410 g/mol. The molecule has 8 nitrogen and oxygen atoms in total. The molecule has 0 fully saturated rings. The molecule has 0 aliphatic heterocycles. The first-order valence-corrected chi connectivity index (χ1v) is 9.23. The molecule has 8 heteroatoms. The van der Waals surface area contributed by atoms with Crippen molar-refractivity contribution in [3.63, 3.8) is 0 Å². The molecule has 2 aromatic rings. The molecule has 0 atom stereocenters. The topological polar surface area (TPSA) is 149 Å². The summed E-state index contributed by atoms with van der Waals surface area (Å²) in [5, 5.41) is 38.2. The van der Waals surface area contributed by atoms with Gasteiger partial charge < -0.3 is 20.4 Å². The van der Waals surface area contributed by atoms with Crippen LogP contribution in [-0.4, -0.2) is 44.3 Å². The van der Waals surface area contributed by atoms with Crippen LogP contribution in [0.25, 0.3) is 0 Å². The number of fused-ring (bicyclic) bond motifs is 1. The molecule has 5 rings (SSSR count). The van der Waals surface area contributed by atoms with Crippen LogP contribution in [0.4, 0.5) is 0 Å². The normalized spacial score (nSPS) is 23.4. The van der Waals surface area contributed by atoms with E-state index in [1.54, 1.807) is 0 Å². The van der Waals surface area contributed by atoms with Gasteiger partial charge in [0.1, 0.15) is 0 Å². The highest BCUT2D eigenvalue weighted by Gasteiger charge is 2.52. The number of carboxylic acids is 4. The molecule has 0 saturated heterocycles. The van der Waals surface area contributed by atoms with Crippen molar-refractivity contribution in [1.82, 2.24) is 0 Å². The molecule has 0 amide bonds. The number of aromatic carboxylic acids is 4. The van der Waals surface area contributed by atoms with Crippen molar-refractivity contribution in [2.24, 2.45) is 0 Å². The summed E-state index contributed by atoms with van der Waals surface area (Å²) in [7, 11) is 0. The molecule has 0 radical (unpaired) electrons. The van der Waals surface area contributed by atoms with Gasteiger partial charge in [0.15, 0.2) is 0 Å². The second kappa shape index (κ2) is 5.91. The highest BCUT2D eigenvalue weighted by molar-refractivity contribution is 6.04. The van der Waals surface area contributed by atoms with E-state index in [0.29, 0.717) is 35.1 Å². The highest BCUT2D eigenvalue weighted by Crippen LogP contribution is 2.59. The third-order valence-electron chi connectivity index (χ3n) is 6.74. The summed E-state index contributed by atoms with van der Waals surface area (Å²) in [5.41, 5.74) is -0.356. The maximum absolute atomic E-state index is 11.7. The van der Waals surface area contributed by atoms with E-state index in [-0.39, 0.29) is 22.3 Å². The second-order valence-electron chi connectivity index (χ2n) is 8.27. The Hall–Kier alpha value is -3.68. The third-order valence-corrected chi connectivity index (χ3v) is 6.74. The lowest BCUT2D eigenvalue weighted by molar-refractivity contribution is 0.0650. The Morgan fingerprint density at radius 1 is 0.567 bits per heavy atom. The average molecular weight is 410 g/mol. The Balaban J connectivity index is 2.11. The molecule has 2 aromatic carbocycles. The lowest BCUT2D eigenvalue weighted by Gasteiger charge is -2.53. The van der Waals surface area contributed by atoms with E-state index in [2.05, 4.69) is 0 Å². The predicted molar refractivity (Wildman–Crippen MR) is 103 cm³/mol. The van der Waals surface area contributed by atoms with Gasteiger partial charge in [0.05, 0.1) is 22.3 Å². The Labute approximate surface area is 170 Å². The van der Waals surface area contributed by atoms with Gasteiger partial charge in [0.25, 0.3) is 0 Å². The average Bonchev–Trinajstić information content (AvgIpc) is 2.68. The summed E-state index contributed by atoms with van der Waals surface area (Å²) >= 11 is 0. The molecule has 154 valence electrons. The first kappa shape index (κ1) is 19.6. The van der Waals surface area contributed by atoms with Gasteiger partial charge in [-0.25, -0.2) is 19.2 Å². The van der Waals surface area contributed by atoms with Gasteiger partial charge in [-0.05, 0) is 59.4 Å². The zero-order valence-electron chi connectivity index (χ0n) is 16.1. The van der Waals surface area contributed by atoms with E-state index in [9.17, 15) is 39.6 Å². The Morgan fingerprint density at radius 3 is 0.933 bits per heavy atom. The van der Waals surface area contributed by atoms with E-state index in [1.807, 2.05) is 13.8 Å². The van der Waals surface area contributed by atoms with Crippen molar-refractivity contribution in [3.8, 4) is 0 Å². The summed E-state index contributed by atoms with van der Waals surface area (Å²) < 4.78 is 0. The van der Waals surface area contributed by atoms with E-state index in [4.69, 9.17) is 0 Å². The quantitative estimate of drug-likeness (QED) is 0.600. The minimum atomic E-state index is -1.36. The first-order valence-electron chi connectivity index (χ1n) is 9.23. The summed E-state index contributed by atoms with van der Waals surface area (Å²) in [6, 6.07) is 5.47. The van der Waals surface area contributed by atoms with Crippen molar-refractivity contribution in [3.05, 3.63) is 68.8 Å². The van der Waals surface area contributed by atoms with E-state index in [0.717, 1.165) is 0 Å². The van der Waals surface area contributed by atoms with Gasteiger partial charge >= 0.3 is 23.9 Å². The van der Waals surface area contributed by atoms with Crippen LogP contribution in [0.3, 0.4) is 0 Å². The lowest BCUT2D eigenvalue weighted by atomic mass is 9.49. The van der Waals surface area contributed by atoms with Gasteiger partial charge in [0, 0.05) is 10.8 Å². The van der Waals surface area contributed by atoms with Gasteiger partial charge in [-0.1, -0.05) is 13.8 Å². The molecule has 3 aliphatic carbocycles. The van der Waals surface area contributed by atoms with E-state index < -0.39 is 34.7 Å². The van der Waals surface area contributed by atoms with Crippen LogP contribution in [0, 0.1) is 0 Å². The molecular formula is C22H18O8. The molecule has 3 aliphatic rings. The number of hydrogen-bond donors (Lipinski definition) is 4. The highest BCUT2D eigenvalue weighted by atomic mass is 16.4. The molecule has 4 N–H and O–H groups in total. The van der Waals surface area contributed by atoms with Crippen LogP contribution in [0.1, 0.15) is 90.4 Å². The SMILES string of the molecule is CC12CCC(C)(c3cc(C(=O)O)c(C(=O)O)cc31)c1cc(C(=O)O)c(C(=O)O)cc12. The molecule has 0 aromatic heterocycles. The van der Waals surface area contributed by atoms with Crippen molar-refractivity contribution in [2.45, 2.75) is 37.5 Å². The van der Waals surface area contributed by atoms with E-state index >= 15 is 0 Å². The van der Waals surface area contributed by atoms with Crippen LogP contribution < -0.4 is 0 Å². The Morgan fingerprint density at radius 2 is 0.767 bits per heavy atom. The predicted octanol–water partition coefficient (Wildman–Crippen LogP) is 3.20. The van der Waals surface area contributed by atoms with Crippen LogP contribution >= 0.6 is 0 Å². The summed E-state index contributed by atoms with van der Waals surface area (Å²) in [4.78, 5) is 46.8. The van der Waals surface area contributed by atoms with Crippen LogP contribution in [0.5, 0.6) is 0 Å². The van der Waals surface area contributed by atoms with Crippen molar-refractivity contribution < 1.29 is 39.6 Å². The van der Waals surface area contributed by atoms with Crippen molar-refractivity contribution in [1.29, 1.82) is 0 Å². The number of carbonyl (C=O) groups is 4. The molecule has 0 unspecified atom stereocenters. The smallest absolute Gasteiger partial charge is 0.336 e. The van der Waals surface area contributed by atoms with Crippen LogP contribution in [0.15, 0.2) is 24.3 Å². The molecule has 2 bridgehead atoms. The van der Waals surface area contributed by atoms with Gasteiger partial charge in [0.2, 0.25) is 0 Å². The molecule has 30 heavy (non-hydrogen) atoms. The minimum Gasteiger partial charge on any atom is -0.478 e. The van der Waals surface area contributed by atoms with Gasteiger partial charge in [-0.15, -0.1) is 0 Å². The van der Waals surface area contributed by atoms with Crippen molar-refractivity contribution >= 4 is 23.9 Å². The second-order valence-corrected chi connectivity index (χ2v) is 8.27. The fourth-order valence-corrected chi connectivity index (χ4v) is 5.06. The van der Waals surface area contributed by atoms with Crippen molar-refractivity contribution in [2.75, 3.05) is 0 Å². The number of rotatable bonds is 4. The fourth-order valence-electron chi connectivity index (χ4n) is 5.06. The summed E-state index contributed by atoms with van der Waals surface area (Å²) in [5.74, 6) is -5.45. The molecule has 0 spiro atoms. The third kappa shape index (κ3) is 2.33. The zero-order chi connectivity index (χ0) is 22.2. The standard InChI is InChI=1S/C22H18O8/c1-21-3-4-22(2,15-7-11(19(27)28)9(17(23)24)5-13(15)21)16-8-12(20(29)30)10(18(25)26)6-14(16)21/h5-8H,3-4H2,1-2H3,(H,23,24)(H,25,26)(H,27,28)(H,29,30). The molecule has 0 saturated carbocycles. The zero-order valence-corrected chi connectivity index (χ0v) is 16.1. The first-order chi connectivity index (χ1) is 13.9. The Kier molecular flexibility index (Phi) is 3.87. The number of benzene rings is 2. The molecular weight excluding hydrogens is 392 g/mol. The summed E-state index contributed by atoms with van der Waals surface area (Å²) in [6.45, 7) is 3.70. The minimum absolute atomic E-state index is 0.333. The lowest BCUT2D eigenvalue weighted by Crippen LogP contribution is -2.47. The maximum atomic E-state index is 11.7. The van der Waals surface area contributed by atoms with Crippen LogP contribution in [-0.2, 0) is 10.8 Å². The maximum Gasteiger partial charge on any atom is 0.336 e. The molecule has 0 heterocycles.